The van der Waals surface area contributed by atoms with Gasteiger partial charge in [0.25, 0.3) is 5.89 Å². The topological polar surface area (TPSA) is 59.2 Å². The summed E-state index contributed by atoms with van der Waals surface area (Å²) in [4.78, 5) is 18.7. The highest BCUT2D eigenvalue weighted by atomic mass is 35.5. The van der Waals surface area contributed by atoms with Crippen molar-refractivity contribution in [1.29, 1.82) is 0 Å². The van der Waals surface area contributed by atoms with E-state index in [-0.39, 0.29) is 11.8 Å². The Bertz CT molecular complexity index is 936. The van der Waals surface area contributed by atoms with Crippen LogP contribution in [0.5, 0.6) is 0 Å². The molecule has 0 spiro atoms. The first kappa shape index (κ1) is 17.0. The van der Waals surface area contributed by atoms with Crippen LogP contribution in [-0.4, -0.2) is 34.0 Å². The Morgan fingerprint density at radius 2 is 2.23 bits per heavy atom. The first-order valence-corrected chi connectivity index (χ1v) is 9.60. The molecule has 0 aliphatic carbocycles. The average molecular weight is 386 g/mol. The molecule has 132 valence electrons. The lowest BCUT2D eigenvalue weighted by atomic mass is 10.1. The van der Waals surface area contributed by atoms with Crippen LogP contribution in [0.1, 0.15) is 23.7 Å². The number of carbonyl (C=O) groups excluding carboxylic acids is 1. The third-order valence-corrected chi connectivity index (χ3v) is 5.41. The van der Waals surface area contributed by atoms with E-state index in [1.165, 1.54) is 0 Å². The van der Waals surface area contributed by atoms with Crippen LogP contribution in [-0.2, 0) is 4.79 Å². The van der Waals surface area contributed by atoms with Gasteiger partial charge in [-0.2, -0.15) is 16.3 Å². The van der Waals surface area contributed by atoms with Crippen molar-refractivity contribution in [2.45, 2.75) is 12.3 Å². The van der Waals surface area contributed by atoms with Crippen LogP contribution in [0.3, 0.4) is 0 Å². The molecule has 3 heterocycles. The van der Waals surface area contributed by atoms with Gasteiger partial charge in [0, 0.05) is 35.5 Å². The lowest BCUT2D eigenvalue weighted by Gasteiger charge is -2.13. The van der Waals surface area contributed by atoms with Crippen molar-refractivity contribution in [1.82, 2.24) is 15.0 Å². The second-order valence-corrected chi connectivity index (χ2v) is 7.28. The van der Waals surface area contributed by atoms with Crippen molar-refractivity contribution in [2.24, 2.45) is 0 Å². The molecule has 1 aromatic carbocycles. The minimum absolute atomic E-state index is 0.0334. The molecular formula is C19H16ClN3O2S. The Morgan fingerprint density at radius 3 is 3.04 bits per heavy atom. The zero-order valence-electron chi connectivity index (χ0n) is 13.8. The van der Waals surface area contributed by atoms with Gasteiger partial charge in [0.1, 0.15) is 0 Å². The standard InChI is InChI=1S/C19H16ClN3O2S/c20-16-4-2-1-3-13(16)5-6-17(24)23-9-7-14(11-23)18-21-19(25-22-18)15-8-10-26-12-15/h1-6,8,10,12,14H,7,9,11H2/b6-5+/t14-/m0/s1. The smallest absolute Gasteiger partial charge is 0.258 e. The molecule has 7 heteroatoms. The van der Waals surface area contributed by atoms with Crippen molar-refractivity contribution in [3.05, 3.63) is 63.6 Å². The largest absolute Gasteiger partial charge is 0.338 e. The number of benzene rings is 1. The van der Waals surface area contributed by atoms with E-state index in [1.54, 1.807) is 34.5 Å². The molecule has 4 rings (SSSR count). The van der Waals surface area contributed by atoms with Crippen LogP contribution < -0.4 is 0 Å². The second-order valence-electron chi connectivity index (χ2n) is 6.09. The predicted octanol–water partition coefficient (Wildman–Crippen LogP) is 4.48. The first-order valence-electron chi connectivity index (χ1n) is 8.28. The fourth-order valence-corrected chi connectivity index (χ4v) is 3.78. The maximum Gasteiger partial charge on any atom is 0.258 e. The van der Waals surface area contributed by atoms with Crippen molar-refractivity contribution < 1.29 is 9.32 Å². The van der Waals surface area contributed by atoms with Gasteiger partial charge in [-0.15, -0.1) is 0 Å². The summed E-state index contributed by atoms with van der Waals surface area (Å²) >= 11 is 7.70. The summed E-state index contributed by atoms with van der Waals surface area (Å²) < 4.78 is 5.35. The summed E-state index contributed by atoms with van der Waals surface area (Å²) in [6.07, 6.45) is 4.14. The van der Waals surface area contributed by atoms with Gasteiger partial charge in [-0.1, -0.05) is 35.0 Å². The number of aromatic nitrogens is 2. The number of rotatable bonds is 4. The number of hydrogen-bond acceptors (Lipinski definition) is 5. The van der Waals surface area contributed by atoms with Crippen molar-refractivity contribution in [3.8, 4) is 11.5 Å². The summed E-state index contributed by atoms with van der Waals surface area (Å²) in [6.45, 7) is 1.27. The molecule has 0 bridgehead atoms. The number of hydrogen-bond donors (Lipinski definition) is 0. The van der Waals surface area contributed by atoms with Gasteiger partial charge in [-0.05, 0) is 35.6 Å². The van der Waals surface area contributed by atoms with E-state index in [9.17, 15) is 4.79 Å². The molecule has 0 radical (unpaired) electrons. The van der Waals surface area contributed by atoms with E-state index < -0.39 is 0 Å². The predicted molar refractivity (Wildman–Crippen MR) is 102 cm³/mol. The average Bonchev–Trinajstić information content (AvgIpc) is 3.41. The highest BCUT2D eigenvalue weighted by Crippen LogP contribution is 2.28. The van der Waals surface area contributed by atoms with Crippen LogP contribution in [0.15, 0.2) is 51.7 Å². The second kappa shape index (κ2) is 7.43. The fraction of sp³-hybridized carbons (Fsp3) is 0.211. The molecule has 0 N–H and O–H groups in total. The summed E-state index contributed by atoms with van der Waals surface area (Å²) in [5.41, 5.74) is 1.76. The van der Waals surface area contributed by atoms with Crippen LogP contribution in [0.2, 0.25) is 5.02 Å². The van der Waals surface area contributed by atoms with Gasteiger partial charge < -0.3 is 9.42 Å². The molecule has 0 saturated carbocycles. The van der Waals surface area contributed by atoms with Gasteiger partial charge in [0.05, 0.1) is 5.56 Å². The molecule has 1 aliphatic heterocycles. The molecule has 3 aromatic rings. The highest BCUT2D eigenvalue weighted by Gasteiger charge is 2.29. The Balaban J connectivity index is 1.40. The number of carbonyl (C=O) groups is 1. The van der Waals surface area contributed by atoms with E-state index in [1.807, 2.05) is 35.0 Å². The zero-order chi connectivity index (χ0) is 17.9. The maximum atomic E-state index is 12.4. The summed E-state index contributed by atoms with van der Waals surface area (Å²) in [5.74, 6) is 1.26. The third-order valence-electron chi connectivity index (χ3n) is 4.39. The van der Waals surface area contributed by atoms with E-state index in [0.717, 1.165) is 17.5 Å². The van der Waals surface area contributed by atoms with Crippen molar-refractivity contribution in [2.75, 3.05) is 13.1 Å². The Labute approximate surface area is 159 Å². The van der Waals surface area contributed by atoms with Gasteiger partial charge in [0.2, 0.25) is 5.91 Å². The molecule has 26 heavy (non-hydrogen) atoms. The Kier molecular flexibility index (Phi) is 4.86. The van der Waals surface area contributed by atoms with Crippen molar-refractivity contribution >= 4 is 34.9 Å². The van der Waals surface area contributed by atoms with Crippen LogP contribution >= 0.6 is 22.9 Å². The van der Waals surface area contributed by atoms with Crippen LogP contribution in [0, 0.1) is 0 Å². The number of halogens is 1. The molecule has 1 fully saturated rings. The van der Waals surface area contributed by atoms with Gasteiger partial charge in [-0.3, -0.25) is 4.79 Å². The molecule has 1 saturated heterocycles. The maximum absolute atomic E-state index is 12.4. The summed E-state index contributed by atoms with van der Waals surface area (Å²) in [7, 11) is 0. The Hall–Kier alpha value is -2.44. The van der Waals surface area contributed by atoms with Crippen molar-refractivity contribution in [3.63, 3.8) is 0 Å². The minimum Gasteiger partial charge on any atom is -0.338 e. The number of thiophene rings is 1. The summed E-state index contributed by atoms with van der Waals surface area (Å²) in [5, 5.41) is 8.67. The van der Waals surface area contributed by atoms with E-state index >= 15 is 0 Å². The van der Waals surface area contributed by atoms with Crippen LogP contribution in [0.25, 0.3) is 17.5 Å². The molecule has 1 atom stereocenters. The van der Waals surface area contributed by atoms with Gasteiger partial charge in [0.15, 0.2) is 5.82 Å². The van der Waals surface area contributed by atoms with E-state index in [2.05, 4.69) is 10.1 Å². The minimum atomic E-state index is -0.0334. The number of amides is 1. The lowest BCUT2D eigenvalue weighted by molar-refractivity contribution is -0.124. The molecular weight excluding hydrogens is 370 g/mol. The van der Waals surface area contributed by atoms with Crippen LogP contribution in [0.4, 0.5) is 0 Å². The first-order chi connectivity index (χ1) is 12.7. The summed E-state index contributed by atoms with van der Waals surface area (Å²) in [6, 6.07) is 9.39. The monoisotopic (exact) mass is 385 g/mol. The normalized spacial score (nSPS) is 17.3. The SMILES string of the molecule is O=C(/C=C/c1ccccc1Cl)N1CC[C@H](c2noc(-c3ccsc3)n2)C1. The molecule has 5 nitrogen and oxygen atoms in total. The number of likely N-dealkylation sites (tertiary alicyclic amines) is 1. The molecule has 0 unspecified atom stereocenters. The zero-order valence-corrected chi connectivity index (χ0v) is 15.4. The lowest BCUT2D eigenvalue weighted by Crippen LogP contribution is -2.26. The van der Waals surface area contributed by atoms with E-state index in [4.69, 9.17) is 16.1 Å². The quantitative estimate of drug-likeness (QED) is 0.621. The van der Waals surface area contributed by atoms with Gasteiger partial charge >= 0.3 is 0 Å². The fourth-order valence-electron chi connectivity index (χ4n) is 2.95. The third kappa shape index (κ3) is 3.57. The van der Waals surface area contributed by atoms with Gasteiger partial charge in [-0.25, -0.2) is 0 Å². The molecule has 1 aliphatic rings. The Morgan fingerprint density at radius 1 is 1.35 bits per heavy atom. The van der Waals surface area contributed by atoms with E-state index in [0.29, 0.717) is 29.8 Å². The number of nitrogens with zero attached hydrogens (tertiary/aromatic N) is 3. The molecule has 1 amide bonds. The highest BCUT2D eigenvalue weighted by molar-refractivity contribution is 7.08. The molecule has 2 aromatic heterocycles.